The van der Waals surface area contributed by atoms with Crippen molar-refractivity contribution >= 4 is 6.41 Å². The Morgan fingerprint density at radius 2 is 1.58 bits per heavy atom. The Hall–Kier alpha value is -2.33. The Morgan fingerprint density at radius 1 is 0.944 bits per heavy atom. The molecule has 2 aromatic carbocycles. The average molecular weight is 491 g/mol. The van der Waals surface area contributed by atoms with E-state index in [0.29, 0.717) is 28.8 Å². The van der Waals surface area contributed by atoms with Gasteiger partial charge in [-0.2, -0.15) is 0 Å². The van der Waals surface area contributed by atoms with Gasteiger partial charge in [-0.05, 0) is 77.9 Å². The highest BCUT2D eigenvalue weighted by Crippen LogP contribution is 2.58. The summed E-state index contributed by atoms with van der Waals surface area (Å²) in [5.41, 5.74) is 8.20. The van der Waals surface area contributed by atoms with Crippen LogP contribution < -0.4 is 10.5 Å². The third-order valence-electron chi connectivity index (χ3n) is 8.92. The molecule has 0 spiro atoms. The van der Waals surface area contributed by atoms with E-state index in [9.17, 15) is 4.79 Å². The van der Waals surface area contributed by atoms with Crippen LogP contribution in [0.5, 0.6) is 5.75 Å². The minimum atomic E-state index is 0.0825. The van der Waals surface area contributed by atoms with Crippen LogP contribution in [-0.2, 0) is 10.2 Å². The molecule has 2 aromatic rings. The predicted octanol–water partition coefficient (Wildman–Crippen LogP) is 6.44. The maximum absolute atomic E-state index is 10.4. The topological polar surface area (TPSA) is 55.6 Å². The van der Waals surface area contributed by atoms with Crippen LogP contribution in [0.4, 0.5) is 0 Å². The largest absolute Gasteiger partial charge is 0.490 e. The molecule has 1 amide bonds. The van der Waals surface area contributed by atoms with Crippen LogP contribution >= 0.6 is 0 Å². The number of hydrogen-bond acceptors (Lipinski definition) is 3. The van der Waals surface area contributed by atoms with Crippen molar-refractivity contribution in [2.75, 3.05) is 13.1 Å². The third kappa shape index (κ3) is 5.96. The molecule has 36 heavy (non-hydrogen) atoms. The first-order chi connectivity index (χ1) is 17.0. The Kier molecular flexibility index (Phi) is 7.85. The van der Waals surface area contributed by atoms with Gasteiger partial charge in [0.1, 0.15) is 11.9 Å². The van der Waals surface area contributed by atoms with Crippen molar-refractivity contribution in [3.63, 3.8) is 0 Å². The smallest absolute Gasteiger partial charge is 0.209 e. The number of hydrogen-bond donors (Lipinski definition) is 1. The van der Waals surface area contributed by atoms with Gasteiger partial charge in [-0.15, -0.1) is 0 Å². The van der Waals surface area contributed by atoms with Crippen LogP contribution in [0.15, 0.2) is 60.7 Å². The van der Waals surface area contributed by atoms with Gasteiger partial charge >= 0.3 is 0 Å². The predicted molar refractivity (Wildman–Crippen MR) is 148 cm³/mol. The van der Waals surface area contributed by atoms with Crippen molar-refractivity contribution in [2.24, 2.45) is 28.4 Å². The van der Waals surface area contributed by atoms with E-state index in [1.807, 2.05) is 0 Å². The number of rotatable bonds is 4. The highest BCUT2D eigenvalue weighted by molar-refractivity contribution is 5.47. The summed E-state index contributed by atoms with van der Waals surface area (Å²) in [6.45, 7) is 13.1. The summed E-state index contributed by atoms with van der Waals surface area (Å²) in [7, 11) is 0. The number of nitrogens with zero attached hydrogens (tertiary/aromatic N) is 1. The van der Waals surface area contributed by atoms with Gasteiger partial charge in [0.2, 0.25) is 6.41 Å². The first-order valence-corrected chi connectivity index (χ1v) is 13.8. The zero-order valence-electron chi connectivity index (χ0n) is 23.0. The molecule has 3 aliphatic rings. The Bertz CT molecular complexity index is 986. The minimum Gasteiger partial charge on any atom is -0.490 e. The quantitative estimate of drug-likeness (QED) is 0.502. The van der Waals surface area contributed by atoms with Crippen molar-refractivity contribution < 1.29 is 9.53 Å². The molecule has 2 bridgehead atoms. The minimum absolute atomic E-state index is 0.0825. The van der Waals surface area contributed by atoms with Crippen molar-refractivity contribution in [3.05, 3.63) is 66.2 Å². The number of carbonyl (C=O) groups excluding carboxylic acids is 1. The fourth-order valence-corrected chi connectivity index (χ4v) is 7.43. The number of ether oxygens (including phenoxy) is 1. The zero-order chi connectivity index (χ0) is 26.0. The van der Waals surface area contributed by atoms with Gasteiger partial charge in [0.05, 0.1) is 0 Å². The molecule has 196 valence electrons. The van der Waals surface area contributed by atoms with Gasteiger partial charge in [-0.1, -0.05) is 83.1 Å². The number of benzene rings is 2. The van der Waals surface area contributed by atoms with E-state index in [2.05, 4.69) is 95.3 Å². The van der Waals surface area contributed by atoms with E-state index in [0.717, 1.165) is 31.7 Å². The second-order valence-electron chi connectivity index (χ2n) is 13.2. The van der Waals surface area contributed by atoms with Crippen molar-refractivity contribution in [1.29, 1.82) is 0 Å². The zero-order valence-corrected chi connectivity index (χ0v) is 23.0. The molecule has 0 aromatic heterocycles. The van der Waals surface area contributed by atoms with Gasteiger partial charge < -0.3 is 15.4 Å². The molecule has 5 atom stereocenters. The van der Waals surface area contributed by atoms with E-state index < -0.39 is 0 Å². The van der Waals surface area contributed by atoms with Crippen molar-refractivity contribution in [2.45, 2.75) is 84.3 Å². The van der Waals surface area contributed by atoms with Crippen LogP contribution in [0.3, 0.4) is 0 Å². The lowest BCUT2D eigenvalue weighted by Gasteiger charge is -2.56. The molecule has 1 heterocycles. The monoisotopic (exact) mass is 490 g/mol. The molecule has 4 nitrogen and oxygen atoms in total. The Morgan fingerprint density at radius 3 is 2.19 bits per heavy atom. The maximum Gasteiger partial charge on any atom is 0.209 e. The van der Waals surface area contributed by atoms with E-state index in [4.69, 9.17) is 10.5 Å². The van der Waals surface area contributed by atoms with Crippen LogP contribution in [0.2, 0.25) is 0 Å². The number of nitrogens with two attached hydrogens (primary N) is 1. The van der Waals surface area contributed by atoms with Crippen LogP contribution in [-0.4, -0.2) is 36.5 Å². The Balaban J connectivity index is 0.000000233. The number of fused-ring (bicyclic) bond motifs is 2. The third-order valence-corrected chi connectivity index (χ3v) is 8.92. The van der Waals surface area contributed by atoms with Crippen LogP contribution in [0, 0.1) is 22.7 Å². The van der Waals surface area contributed by atoms with E-state index in [1.54, 1.807) is 4.90 Å². The van der Waals surface area contributed by atoms with Crippen LogP contribution in [0.25, 0.3) is 0 Å². The summed E-state index contributed by atoms with van der Waals surface area (Å²) in [6, 6.07) is 21.9. The van der Waals surface area contributed by atoms with Gasteiger partial charge in [0.25, 0.3) is 0 Å². The molecule has 4 heteroatoms. The number of carbonyl (C=O) groups is 1. The fourth-order valence-electron chi connectivity index (χ4n) is 7.43. The lowest BCUT2D eigenvalue weighted by Crippen LogP contribution is -2.53. The maximum atomic E-state index is 10.4. The molecule has 3 fully saturated rings. The summed E-state index contributed by atoms with van der Waals surface area (Å²) < 4.78 is 6.53. The summed E-state index contributed by atoms with van der Waals surface area (Å²) in [6.07, 6.45) is 7.22. The summed E-state index contributed by atoms with van der Waals surface area (Å²) in [5, 5.41) is 0. The standard InChI is InChI=1S/C24H30O.C8H16N2O/c1-18-14-24(20-10-6-4-7-11-20)16-19(15-23(2,3)17-24)22(18)25-21-12-8-5-9-13-21;1-8(2)5-10(6-11)4-3-7(8)9/h4-13,18-19,22H,14-17H2,1-3H3;6-7H,3-5,9H2,1-2H3. The highest BCUT2D eigenvalue weighted by Gasteiger charge is 2.53. The van der Waals surface area contributed by atoms with E-state index >= 15 is 0 Å². The van der Waals surface area contributed by atoms with Gasteiger partial charge in [-0.3, -0.25) is 4.79 Å². The van der Waals surface area contributed by atoms with Gasteiger partial charge in [-0.25, -0.2) is 0 Å². The molecule has 1 aliphatic heterocycles. The molecule has 2 N–H and O–H groups in total. The molecule has 0 radical (unpaired) electrons. The average Bonchev–Trinajstić information content (AvgIpc) is 2.84. The first-order valence-electron chi connectivity index (χ1n) is 13.8. The lowest BCUT2D eigenvalue weighted by molar-refractivity contribution is -0.121. The van der Waals surface area contributed by atoms with Gasteiger partial charge in [0.15, 0.2) is 0 Å². The van der Waals surface area contributed by atoms with Gasteiger partial charge in [0, 0.05) is 19.1 Å². The summed E-state index contributed by atoms with van der Waals surface area (Å²) in [4.78, 5) is 12.2. The normalized spacial score (nSPS) is 32.6. The highest BCUT2D eigenvalue weighted by atomic mass is 16.5. The Labute approximate surface area is 218 Å². The number of para-hydroxylation sites is 1. The summed E-state index contributed by atoms with van der Waals surface area (Å²) in [5.74, 6) is 2.23. The van der Waals surface area contributed by atoms with E-state index in [-0.39, 0.29) is 11.5 Å². The second kappa shape index (κ2) is 10.6. The molecule has 2 aliphatic carbocycles. The number of amides is 1. The SMILES string of the molecule is CC1(C)CN(C=O)CCC1N.CC1CC2(c3ccccc3)CC(CC(C)(C)C2)C1Oc1ccccc1. The molecule has 5 unspecified atom stereocenters. The summed E-state index contributed by atoms with van der Waals surface area (Å²) >= 11 is 0. The number of piperidine rings is 1. The van der Waals surface area contributed by atoms with E-state index in [1.165, 1.54) is 31.2 Å². The molecule has 2 saturated carbocycles. The lowest BCUT2D eigenvalue weighted by atomic mass is 9.50. The number of likely N-dealkylation sites (tertiary alicyclic amines) is 1. The molecule has 5 rings (SSSR count). The fraction of sp³-hybridized carbons (Fsp3) is 0.594. The van der Waals surface area contributed by atoms with Crippen molar-refractivity contribution in [1.82, 2.24) is 4.90 Å². The molecular formula is C32H46N2O2. The second-order valence-corrected chi connectivity index (χ2v) is 13.2. The first kappa shape index (κ1) is 26.7. The van der Waals surface area contributed by atoms with Crippen molar-refractivity contribution in [3.8, 4) is 5.75 Å². The molecular weight excluding hydrogens is 444 g/mol. The van der Waals surface area contributed by atoms with Crippen LogP contribution in [0.1, 0.15) is 72.3 Å². The molecule has 1 saturated heterocycles.